The van der Waals surface area contributed by atoms with Crippen LogP contribution in [0, 0.1) is 11.3 Å². The molecule has 1 heterocycles. The number of hydrogen-bond acceptors (Lipinski definition) is 4. The Morgan fingerprint density at radius 3 is 2.37 bits per heavy atom. The monoisotopic (exact) mass is 284 g/mol. The molecule has 1 fully saturated rings. The molecule has 1 rings (SSSR count). The summed E-state index contributed by atoms with van der Waals surface area (Å²) in [4.78, 5) is 13.5. The van der Waals surface area contributed by atoms with E-state index in [2.05, 4.69) is 6.07 Å². The number of carbonyl (C=O) groups excluding carboxylic acids is 1. The SMILES string of the molecule is CC(C)(C)OC(=O)N1CC[C@@](C#N)(O[Si](C)(C)C)C1. The molecule has 19 heavy (non-hydrogen) atoms. The maximum absolute atomic E-state index is 12.0. The van der Waals surface area contributed by atoms with Crippen LogP contribution in [0.3, 0.4) is 0 Å². The second kappa shape index (κ2) is 5.14. The number of carbonyl (C=O) groups is 1. The van der Waals surface area contributed by atoms with Gasteiger partial charge in [-0.05, 0) is 40.4 Å². The van der Waals surface area contributed by atoms with Crippen molar-refractivity contribution in [1.29, 1.82) is 5.26 Å². The van der Waals surface area contributed by atoms with Crippen molar-refractivity contribution in [3.05, 3.63) is 0 Å². The number of likely N-dealkylation sites (tertiary alicyclic amines) is 1. The summed E-state index contributed by atoms with van der Waals surface area (Å²) in [6.45, 7) is 12.4. The second-order valence-electron chi connectivity index (χ2n) is 6.97. The highest BCUT2D eigenvalue weighted by atomic mass is 28.4. The van der Waals surface area contributed by atoms with Gasteiger partial charge in [0.15, 0.2) is 13.9 Å². The van der Waals surface area contributed by atoms with Crippen molar-refractivity contribution in [3.63, 3.8) is 0 Å². The van der Waals surface area contributed by atoms with Crippen LogP contribution in [-0.4, -0.2) is 43.6 Å². The molecule has 0 spiro atoms. The third kappa shape index (κ3) is 4.84. The first kappa shape index (κ1) is 16.0. The van der Waals surface area contributed by atoms with Crippen LogP contribution in [-0.2, 0) is 9.16 Å². The summed E-state index contributed by atoms with van der Waals surface area (Å²) < 4.78 is 11.3. The summed E-state index contributed by atoms with van der Waals surface area (Å²) >= 11 is 0. The zero-order chi connectivity index (χ0) is 14.9. The number of ether oxygens (including phenoxy) is 1. The third-order valence-electron chi connectivity index (χ3n) is 2.59. The van der Waals surface area contributed by atoms with E-state index in [0.717, 1.165) is 0 Å². The Balaban J connectivity index is 2.71. The van der Waals surface area contributed by atoms with Gasteiger partial charge in [0.2, 0.25) is 0 Å². The van der Waals surface area contributed by atoms with Crippen molar-refractivity contribution in [2.75, 3.05) is 13.1 Å². The van der Waals surface area contributed by atoms with E-state index >= 15 is 0 Å². The molecule has 0 aromatic carbocycles. The predicted octanol–water partition coefficient (Wildman–Crippen LogP) is 2.74. The minimum atomic E-state index is -1.83. The molecule has 108 valence electrons. The van der Waals surface area contributed by atoms with Crippen LogP contribution in [0.2, 0.25) is 19.6 Å². The summed E-state index contributed by atoms with van der Waals surface area (Å²) in [5.74, 6) is 0. The van der Waals surface area contributed by atoms with E-state index in [1.54, 1.807) is 4.90 Å². The van der Waals surface area contributed by atoms with Gasteiger partial charge in [0.05, 0.1) is 12.6 Å². The lowest BCUT2D eigenvalue weighted by molar-refractivity contribution is 0.0249. The lowest BCUT2D eigenvalue weighted by Gasteiger charge is -2.30. The van der Waals surface area contributed by atoms with Gasteiger partial charge in [-0.3, -0.25) is 0 Å². The minimum Gasteiger partial charge on any atom is -0.444 e. The van der Waals surface area contributed by atoms with Crippen molar-refractivity contribution < 1.29 is 14.0 Å². The molecular formula is C13H24N2O3Si. The number of hydrogen-bond donors (Lipinski definition) is 0. The van der Waals surface area contributed by atoms with Gasteiger partial charge in [-0.1, -0.05) is 0 Å². The van der Waals surface area contributed by atoms with Crippen LogP contribution in [0.5, 0.6) is 0 Å². The Morgan fingerprint density at radius 2 is 1.95 bits per heavy atom. The summed E-state index contributed by atoms with van der Waals surface area (Å²) in [7, 11) is -1.83. The predicted molar refractivity (Wildman–Crippen MR) is 75.2 cm³/mol. The largest absolute Gasteiger partial charge is 0.444 e. The first-order valence-electron chi connectivity index (χ1n) is 6.56. The fourth-order valence-electron chi connectivity index (χ4n) is 2.05. The highest BCUT2D eigenvalue weighted by molar-refractivity contribution is 6.69. The van der Waals surface area contributed by atoms with Gasteiger partial charge in [-0.15, -0.1) is 0 Å². The van der Waals surface area contributed by atoms with Crippen molar-refractivity contribution in [2.45, 2.75) is 58.0 Å². The van der Waals surface area contributed by atoms with Crippen LogP contribution in [0.25, 0.3) is 0 Å². The Bertz CT molecular complexity index is 392. The topological polar surface area (TPSA) is 62.6 Å². The summed E-state index contributed by atoms with van der Waals surface area (Å²) in [6, 6.07) is 2.24. The molecule has 0 aromatic rings. The van der Waals surface area contributed by atoms with Crippen molar-refractivity contribution in [2.24, 2.45) is 0 Å². The first-order chi connectivity index (χ1) is 8.46. The summed E-state index contributed by atoms with van der Waals surface area (Å²) in [6.07, 6.45) is 0.177. The maximum atomic E-state index is 12.0. The maximum Gasteiger partial charge on any atom is 0.410 e. The van der Waals surface area contributed by atoms with Gasteiger partial charge in [-0.25, -0.2) is 4.79 Å². The Kier molecular flexibility index (Phi) is 4.32. The van der Waals surface area contributed by atoms with E-state index in [4.69, 9.17) is 9.16 Å². The van der Waals surface area contributed by atoms with E-state index in [1.165, 1.54) is 0 Å². The fraction of sp³-hybridized carbons (Fsp3) is 0.846. The second-order valence-corrected chi connectivity index (χ2v) is 11.4. The number of amides is 1. The molecule has 0 aromatic heterocycles. The molecule has 0 N–H and O–H groups in total. The lowest BCUT2D eigenvalue weighted by Crippen LogP contribution is -2.45. The smallest absolute Gasteiger partial charge is 0.410 e. The molecule has 1 atom stereocenters. The normalized spacial score (nSPS) is 24.2. The zero-order valence-electron chi connectivity index (χ0n) is 12.7. The van der Waals surface area contributed by atoms with Crippen molar-refractivity contribution in [1.82, 2.24) is 4.90 Å². The van der Waals surface area contributed by atoms with Gasteiger partial charge in [0.25, 0.3) is 0 Å². The van der Waals surface area contributed by atoms with E-state index in [-0.39, 0.29) is 6.09 Å². The molecule has 1 aliphatic rings. The van der Waals surface area contributed by atoms with Gasteiger partial charge < -0.3 is 14.1 Å². The molecule has 0 unspecified atom stereocenters. The van der Waals surface area contributed by atoms with E-state index in [1.807, 2.05) is 40.4 Å². The zero-order valence-corrected chi connectivity index (χ0v) is 13.7. The van der Waals surface area contributed by atoms with Gasteiger partial charge in [-0.2, -0.15) is 5.26 Å². The standard InChI is InChI=1S/C13H24N2O3Si/c1-12(2,3)17-11(16)15-8-7-13(9-14,10-15)18-19(4,5)6/h7-8,10H2,1-6H3/t13-/m0/s1. The summed E-state index contributed by atoms with van der Waals surface area (Å²) in [5.41, 5.74) is -1.38. The quantitative estimate of drug-likeness (QED) is 0.731. The van der Waals surface area contributed by atoms with Crippen LogP contribution >= 0.6 is 0 Å². The average molecular weight is 284 g/mol. The Morgan fingerprint density at radius 1 is 1.37 bits per heavy atom. The van der Waals surface area contributed by atoms with Crippen molar-refractivity contribution >= 4 is 14.4 Å². The molecule has 5 nitrogen and oxygen atoms in total. The Labute approximate surface area is 116 Å². The molecule has 6 heteroatoms. The van der Waals surface area contributed by atoms with Crippen LogP contribution in [0.1, 0.15) is 27.2 Å². The minimum absolute atomic E-state index is 0.294. The van der Waals surface area contributed by atoms with E-state index < -0.39 is 19.5 Å². The van der Waals surface area contributed by atoms with E-state index in [0.29, 0.717) is 19.5 Å². The van der Waals surface area contributed by atoms with Crippen LogP contribution < -0.4 is 0 Å². The lowest BCUT2D eigenvalue weighted by atomic mass is 10.1. The van der Waals surface area contributed by atoms with Crippen LogP contribution in [0.4, 0.5) is 4.79 Å². The third-order valence-corrected chi connectivity index (χ3v) is 3.59. The number of nitrogens with zero attached hydrogens (tertiary/aromatic N) is 2. The Hall–Kier alpha value is -1.06. The van der Waals surface area contributed by atoms with Crippen LogP contribution in [0.15, 0.2) is 0 Å². The molecule has 1 amide bonds. The summed E-state index contributed by atoms with van der Waals surface area (Å²) in [5, 5.41) is 9.38. The molecule has 0 radical (unpaired) electrons. The highest BCUT2D eigenvalue weighted by Gasteiger charge is 2.45. The number of rotatable bonds is 2. The molecule has 0 bridgehead atoms. The molecule has 1 aliphatic heterocycles. The molecule has 0 aliphatic carbocycles. The van der Waals surface area contributed by atoms with Gasteiger partial charge in [0.1, 0.15) is 5.60 Å². The average Bonchev–Trinajstić information content (AvgIpc) is 2.57. The molecule has 0 saturated carbocycles. The first-order valence-corrected chi connectivity index (χ1v) is 9.97. The van der Waals surface area contributed by atoms with Gasteiger partial charge in [0, 0.05) is 13.0 Å². The molecular weight excluding hydrogens is 260 g/mol. The van der Waals surface area contributed by atoms with Crippen molar-refractivity contribution in [3.8, 4) is 6.07 Å². The van der Waals surface area contributed by atoms with Gasteiger partial charge >= 0.3 is 6.09 Å². The highest BCUT2D eigenvalue weighted by Crippen LogP contribution is 2.29. The molecule has 1 saturated heterocycles. The van der Waals surface area contributed by atoms with E-state index in [9.17, 15) is 10.1 Å². The number of nitriles is 1. The fourth-order valence-corrected chi connectivity index (χ4v) is 3.43.